The van der Waals surface area contributed by atoms with Crippen LogP contribution in [0.5, 0.6) is 0 Å². The van der Waals surface area contributed by atoms with E-state index in [1.165, 1.54) is 16.4 Å². The molecule has 0 saturated carbocycles. The molecule has 2 aromatic rings. The fraction of sp³-hybridized carbons (Fsp3) is 0.400. The third-order valence-corrected chi connectivity index (χ3v) is 3.71. The minimum absolute atomic E-state index is 0.331. The number of nitrogens with one attached hydrogen (secondary N) is 1. The fourth-order valence-corrected chi connectivity index (χ4v) is 2.82. The second kappa shape index (κ2) is 4.72. The molecule has 1 N–H and O–H groups in total. The van der Waals surface area contributed by atoms with Gasteiger partial charge in [-0.1, -0.05) is 19.9 Å². The van der Waals surface area contributed by atoms with Crippen LogP contribution in [0.15, 0.2) is 23.8 Å². The van der Waals surface area contributed by atoms with E-state index in [9.17, 15) is 0 Å². The van der Waals surface area contributed by atoms with Gasteiger partial charge in [-0.15, -0.1) is 11.3 Å². The highest BCUT2D eigenvalue weighted by molar-refractivity contribution is 7.10. The molecular formula is C10H13N3S2. The first kappa shape index (κ1) is 10.6. The van der Waals surface area contributed by atoms with E-state index in [0.29, 0.717) is 12.0 Å². The van der Waals surface area contributed by atoms with Gasteiger partial charge in [0.15, 0.2) is 0 Å². The van der Waals surface area contributed by atoms with Crippen molar-refractivity contribution in [3.05, 3.63) is 28.7 Å². The van der Waals surface area contributed by atoms with Gasteiger partial charge in [-0.25, -0.2) is 4.98 Å². The summed E-state index contributed by atoms with van der Waals surface area (Å²) in [5, 5.41) is 6.41. The quantitative estimate of drug-likeness (QED) is 0.888. The molecule has 0 aliphatic heterocycles. The fourth-order valence-electron chi connectivity index (χ4n) is 1.40. The topological polar surface area (TPSA) is 37.8 Å². The molecule has 0 aromatic carbocycles. The monoisotopic (exact) mass is 239 g/mol. The molecule has 0 fully saturated rings. The van der Waals surface area contributed by atoms with Gasteiger partial charge in [0.05, 0.1) is 6.04 Å². The van der Waals surface area contributed by atoms with Gasteiger partial charge >= 0.3 is 0 Å². The Morgan fingerprint density at radius 3 is 2.80 bits per heavy atom. The third kappa shape index (κ3) is 2.54. The highest BCUT2D eigenvalue weighted by atomic mass is 32.1. The molecular weight excluding hydrogens is 226 g/mol. The van der Waals surface area contributed by atoms with Crippen molar-refractivity contribution in [1.82, 2.24) is 9.36 Å². The van der Waals surface area contributed by atoms with Crippen LogP contribution in [0, 0.1) is 5.92 Å². The maximum absolute atomic E-state index is 4.15. The van der Waals surface area contributed by atoms with Crippen LogP contribution in [-0.2, 0) is 0 Å². The lowest BCUT2D eigenvalue weighted by molar-refractivity contribution is 0.553. The Labute approximate surface area is 97.4 Å². The number of thiophene rings is 1. The number of aromatic nitrogens is 2. The lowest BCUT2D eigenvalue weighted by Gasteiger charge is -2.20. The van der Waals surface area contributed by atoms with Crippen molar-refractivity contribution in [2.75, 3.05) is 5.32 Å². The average molecular weight is 239 g/mol. The summed E-state index contributed by atoms with van der Waals surface area (Å²) in [6.45, 7) is 4.41. The molecule has 0 spiro atoms. The lowest BCUT2D eigenvalue weighted by Crippen LogP contribution is -2.15. The first-order chi connectivity index (χ1) is 7.27. The molecule has 0 radical (unpaired) electrons. The Hall–Kier alpha value is -0.940. The van der Waals surface area contributed by atoms with E-state index in [2.05, 4.69) is 46.0 Å². The predicted molar refractivity (Wildman–Crippen MR) is 65.4 cm³/mol. The van der Waals surface area contributed by atoms with Crippen molar-refractivity contribution in [3.63, 3.8) is 0 Å². The van der Waals surface area contributed by atoms with Gasteiger partial charge in [0.1, 0.15) is 6.33 Å². The Kier molecular flexibility index (Phi) is 3.33. The van der Waals surface area contributed by atoms with Gasteiger partial charge in [-0.05, 0) is 17.4 Å². The molecule has 0 aliphatic rings. The molecule has 0 aliphatic carbocycles. The van der Waals surface area contributed by atoms with Crippen molar-refractivity contribution in [2.24, 2.45) is 5.92 Å². The Balaban J connectivity index is 2.14. The summed E-state index contributed by atoms with van der Waals surface area (Å²) in [5.41, 5.74) is 0. The summed E-state index contributed by atoms with van der Waals surface area (Å²) in [5.74, 6) is 0.535. The maximum Gasteiger partial charge on any atom is 0.202 e. The highest BCUT2D eigenvalue weighted by Crippen LogP contribution is 2.29. The minimum Gasteiger partial charge on any atom is -0.352 e. The molecule has 0 saturated heterocycles. The second-order valence-electron chi connectivity index (χ2n) is 3.63. The van der Waals surface area contributed by atoms with Crippen LogP contribution in [-0.4, -0.2) is 9.36 Å². The zero-order chi connectivity index (χ0) is 10.7. The summed E-state index contributed by atoms with van der Waals surface area (Å²) in [7, 11) is 0. The van der Waals surface area contributed by atoms with Crippen LogP contribution in [0.2, 0.25) is 0 Å². The predicted octanol–water partition coefficient (Wildman–Crippen LogP) is 3.41. The maximum atomic E-state index is 4.15. The summed E-state index contributed by atoms with van der Waals surface area (Å²) in [4.78, 5) is 5.50. The summed E-state index contributed by atoms with van der Waals surface area (Å²) < 4.78 is 3.99. The lowest BCUT2D eigenvalue weighted by atomic mass is 10.0. The largest absolute Gasteiger partial charge is 0.352 e. The van der Waals surface area contributed by atoms with E-state index in [1.54, 1.807) is 17.7 Å². The van der Waals surface area contributed by atoms with Crippen LogP contribution in [0.3, 0.4) is 0 Å². The molecule has 2 rings (SSSR count). The number of rotatable bonds is 4. The van der Waals surface area contributed by atoms with Gasteiger partial charge in [-0.2, -0.15) is 4.37 Å². The summed E-state index contributed by atoms with van der Waals surface area (Å²) >= 11 is 3.17. The van der Waals surface area contributed by atoms with Crippen LogP contribution in [0.25, 0.3) is 0 Å². The number of anilines is 1. The molecule has 2 aromatic heterocycles. The number of hydrogen-bond acceptors (Lipinski definition) is 5. The Morgan fingerprint density at radius 1 is 1.40 bits per heavy atom. The minimum atomic E-state index is 0.331. The number of nitrogens with zero attached hydrogens (tertiary/aromatic N) is 2. The molecule has 2 heterocycles. The van der Waals surface area contributed by atoms with E-state index < -0.39 is 0 Å². The van der Waals surface area contributed by atoms with E-state index in [0.717, 1.165) is 5.13 Å². The second-order valence-corrected chi connectivity index (χ2v) is 5.39. The first-order valence-electron chi connectivity index (χ1n) is 4.84. The molecule has 3 nitrogen and oxygen atoms in total. The highest BCUT2D eigenvalue weighted by Gasteiger charge is 2.17. The standard InChI is InChI=1S/C10H13N3S2/c1-7(2)9(8-4-3-5-14-8)13-10-11-6-12-15-10/h3-7,9H,1-2H3,(H,11,12,13). The van der Waals surface area contributed by atoms with E-state index in [4.69, 9.17) is 0 Å². The van der Waals surface area contributed by atoms with E-state index in [1.807, 2.05) is 0 Å². The van der Waals surface area contributed by atoms with Gasteiger partial charge in [0, 0.05) is 16.4 Å². The average Bonchev–Trinajstić information content (AvgIpc) is 2.87. The molecule has 0 bridgehead atoms. The molecule has 15 heavy (non-hydrogen) atoms. The molecule has 5 heteroatoms. The van der Waals surface area contributed by atoms with Gasteiger partial charge in [0.25, 0.3) is 0 Å². The van der Waals surface area contributed by atoms with Crippen LogP contribution < -0.4 is 5.32 Å². The molecule has 1 atom stereocenters. The van der Waals surface area contributed by atoms with E-state index >= 15 is 0 Å². The van der Waals surface area contributed by atoms with Crippen molar-refractivity contribution in [1.29, 1.82) is 0 Å². The molecule has 1 unspecified atom stereocenters. The smallest absolute Gasteiger partial charge is 0.202 e. The van der Waals surface area contributed by atoms with Crippen molar-refractivity contribution < 1.29 is 0 Å². The Bertz CT molecular complexity index is 381. The van der Waals surface area contributed by atoms with Crippen LogP contribution >= 0.6 is 22.9 Å². The Morgan fingerprint density at radius 2 is 2.27 bits per heavy atom. The van der Waals surface area contributed by atoms with Gasteiger partial charge in [-0.3, -0.25) is 0 Å². The van der Waals surface area contributed by atoms with Crippen molar-refractivity contribution >= 4 is 28.0 Å². The molecule has 80 valence electrons. The van der Waals surface area contributed by atoms with Crippen LogP contribution in [0.1, 0.15) is 24.8 Å². The summed E-state index contributed by atoms with van der Waals surface area (Å²) in [6, 6.07) is 4.57. The third-order valence-electron chi connectivity index (χ3n) is 2.16. The van der Waals surface area contributed by atoms with Gasteiger partial charge < -0.3 is 5.32 Å². The van der Waals surface area contributed by atoms with Crippen molar-refractivity contribution in [3.8, 4) is 0 Å². The van der Waals surface area contributed by atoms with Crippen LogP contribution in [0.4, 0.5) is 5.13 Å². The van der Waals surface area contributed by atoms with Gasteiger partial charge in [0.2, 0.25) is 5.13 Å². The normalized spacial score (nSPS) is 13.0. The summed E-state index contributed by atoms with van der Waals surface area (Å²) in [6.07, 6.45) is 1.58. The van der Waals surface area contributed by atoms with Crippen molar-refractivity contribution in [2.45, 2.75) is 19.9 Å². The number of hydrogen-bond donors (Lipinski definition) is 1. The zero-order valence-corrected chi connectivity index (χ0v) is 10.3. The first-order valence-corrected chi connectivity index (χ1v) is 6.49. The zero-order valence-electron chi connectivity index (χ0n) is 8.68. The SMILES string of the molecule is CC(C)C(Nc1ncns1)c1cccs1. The molecule has 0 amide bonds. The van der Waals surface area contributed by atoms with E-state index in [-0.39, 0.29) is 0 Å².